The number of hydrogen-bond donors (Lipinski definition) is 1. The maximum atomic E-state index is 5.92. The first-order chi connectivity index (χ1) is 12.1. The van der Waals surface area contributed by atoms with Crippen LogP contribution in [-0.4, -0.2) is 25.1 Å². The van der Waals surface area contributed by atoms with Gasteiger partial charge in [-0.2, -0.15) is 5.10 Å². The molecule has 0 saturated carbocycles. The van der Waals surface area contributed by atoms with Crippen molar-refractivity contribution >= 4 is 22.5 Å². The number of nitrogens with one attached hydrogen (secondary N) is 1. The summed E-state index contributed by atoms with van der Waals surface area (Å²) in [5, 5.41) is 8.83. The van der Waals surface area contributed by atoms with E-state index in [1.165, 1.54) is 0 Å². The molecule has 3 aromatic heterocycles. The van der Waals surface area contributed by atoms with E-state index in [1.807, 2.05) is 25.1 Å². The van der Waals surface area contributed by atoms with E-state index in [0.29, 0.717) is 11.4 Å². The molecule has 0 fully saturated rings. The van der Waals surface area contributed by atoms with Crippen LogP contribution in [0.2, 0.25) is 5.02 Å². The molecule has 0 amide bonds. The van der Waals surface area contributed by atoms with Crippen molar-refractivity contribution < 1.29 is 0 Å². The molecule has 4 aromatic rings. The average Bonchev–Trinajstić information content (AvgIpc) is 3.01. The number of aromatic amines is 1. The second-order valence-electron chi connectivity index (χ2n) is 6.05. The third kappa shape index (κ3) is 3.23. The first-order valence-electron chi connectivity index (χ1n) is 7.98. The van der Waals surface area contributed by atoms with Gasteiger partial charge in [0, 0.05) is 18.0 Å². The zero-order valence-corrected chi connectivity index (χ0v) is 14.7. The molecule has 0 radical (unpaired) electrons. The second kappa shape index (κ2) is 6.26. The normalized spacial score (nSPS) is 11.2. The van der Waals surface area contributed by atoms with Gasteiger partial charge in [0.25, 0.3) is 0 Å². The van der Waals surface area contributed by atoms with Crippen molar-refractivity contribution in [2.75, 3.05) is 0 Å². The van der Waals surface area contributed by atoms with Crippen LogP contribution < -0.4 is 0 Å². The third-order valence-corrected chi connectivity index (χ3v) is 4.30. The molecule has 0 aliphatic carbocycles. The van der Waals surface area contributed by atoms with Crippen LogP contribution in [0.5, 0.6) is 0 Å². The second-order valence-corrected chi connectivity index (χ2v) is 6.49. The van der Waals surface area contributed by atoms with Gasteiger partial charge in [-0.3, -0.25) is 10.1 Å². The Labute approximate surface area is 150 Å². The predicted octanol–water partition coefficient (Wildman–Crippen LogP) is 4.28. The fraction of sp³-hybridized carbons (Fsp3) is 0.158. The molecule has 0 aliphatic heterocycles. The Morgan fingerprint density at radius 3 is 2.60 bits per heavy atom. The summed E-state index contributed by atoms with van der Waals surface area (Å²) in [6, 6.07) is 12.0. The van der Waals surface area contributed by atoms with Gasteiger partial charge >= 0.3 is 0 Å². The lowest BCUT2D eigenvalue weighted by atomic mass is 10.0. The fourth-order valence-electron chi connectivity index (χ4n) is 2.86. The molecule has 5 nitrogen and oxygen atoms in total. The van der Waals surface area contributed by atoms with Gasteiger partial charge in [-0.05, 0) is 55.3 Å². The number of halogens is 1. The molecule has 3 heterocycles. The quantitative estimate of drug-likeness (QED) is 0.599. The zero-order valence-electron chi connectivity index (χ0n) is 13.9. The average molecular weight is 350 g/mol. The van der Waals surface area contributed by atoms with Gasteiger partial charge in [-0.25, -0.2) is 9.97 Å². The first-order valence-corrected chi connectivity index (χ1v) is 8.36. The topological polar surface area (TPSA) is 67.3 Å². The monoisotopic (exact) mass is 349 g/mol. The Morgan fingerprint density at radius 2 is 1.88 bits per heavy atom. The molecule has 6 heteroatoms. The Balaban J connectivity index is 1.72. The van der Waals surface area contributed by atoms with Gasteiger partial charge in [0.05, 0.1) is 21.9 Å². The number of hydrogen-bond acceptors (Lipinski definition) is 4. The molecular formula is C19H16ClN5. The van der Waals surface area contributed by atoms with Crippen molar-refractivity contribution in [3.05, 3.63) is 70.4 Å². The van der Waals surface area contributed by atoms with E-state index in [-0.39, 0.29) is 0 Å². The highest BCUT2D eigenvalue weighted by Crippen LogP contribution is 2.25. The molecule has 0 saturated heterocycles. The molecule has 25 heavy (non-hydrogen) atoms. The first kappa shape index (κ1) is 15.7. The number of aryl methyl sites for hydroxylation is 2. The van der Waals surface area contributed by atoms with Crippen LogP contribution >= 0.6 is 11.6 Å². The van der Waals surface area contributed by atoms with Gasteiger partial charge in [-0.15, -0.1) is 0 Å². The third-order valence-electron chi connectivity index (χ3n) is 4.08. The lowest BCUT2D eigenvalue weighted by Gasteiger charge is -2.08. The maximum Gasteiger partial charge on any atom is 0.155 e. The number of fused-ring (bicyclic) bond motifs is 1. The minimum Gasteiger partial charge on any atom is -0.263 e. The summed E-state index contributed by atoms with van der Waals surface area (Å²) in [7, 11) is 0. The van der Waals surface area contributed by atoms with Crippen molar-refractivity contribution in [3.8, 4) is 11.4 Å². The lowest BCUT2D eigenvalue weighted by Crippen LogP contribution is -1.94. The number of rotatable bonds is 3. The van der Waals surface area contributed by atoms with Crippen LogP contribution in [0, 0.1) is 13.8 Å². The van der Waals surface area contributed by atoms with E-state index in [4.69, 9.17) is 16.6 Å². The van der Waals surface area contributed by atoms with Crippen molar-refractivity contribution in [3.63, 3.8) is 0 Å². The fourth-order valence-corrected chi connectivity index (χ4v) is 2.97. The van der Waals surface area contributed by atoms with Crippen molar-refractivity contribution in [2.45, 2.75) is 20.3 Å². The van der Waals surface area contributed by atoms with Crippen LogP contribution in [0.4, 0.5) is 0 Å². The standard InChI is InChI=1S/C19H16ClN5/c1-11-7-18(17-6-4-14(20)10-21-17)23-16-5-3-13(8-15(11)16)9-19-22-12(2)24-25-19/h3-8,10H,9H2,1-2H3,(H,22,24,25). The van der Waals surface area contributed by atoms with Crippen LogP contribution in [0.3, 0.4) is 0 Å². The van der Waals surface area contributed by atoms with Crippen molar-refractivity contribution in [1.29, 1.82) is 0 Å². The van der Waals surface area contributed by atoms with Gasteiger partial charge in [0.15, 0.2) is 5.82 Å². The molecule has 4 rings (SSSR count). The Kier molecular flexibility index (Phi) is 3.93. The molecular weight excluding hydrogens is 334 g/mol. The van der Waals surface area contributed by atoms with Crippen LogP contribution in [0.25, 0.3) is 22.3 Å². The van der Waals surface area contributed by atoms with E-state index in [2.05, 4.69) is 45.3 Å². The molecule has 1 aromatic carbocycles. The largest absolute Gasteiger partial charge is 0.263 e. The summed E-state index contributed by atoms with van der Waals surface area (Å²) in [5.41, 5.74) is 4.92. The van der Waals surface area contributed by atoms with Crippen molar-refractivity contribution in [2.24, 2.45) is 0 Å². The summed E-state index contributed by atoms with van der Waals surface area (Å²) in [5.74, 6) is 1.62. The van der Waals surface area contributed by atoms with E-state index < -0.39 is 0 Å². The highest BCUT2D eigenvalue weighted by molar-refractivity contribution is 6.30. The zero-order chi connectivity index (χ0) is 17.4. The highest BCUT2D eigenvalue weighted by atomic mass is 35.5. The van der Waals surface area contributed by atoms with Gasteiger partial charge in [0.1, 0.15) is 5.82 Å². The molecule has 124 valence electrons. The molecule has 0 bridgehead atoms. The summed E-state index contributed by atoms with van der Waals surface area (Å²) in [4.78, 5) is 13.5. The van der Waals surface area contributed by atoms with Crippen LogP contribution in [-0.2, 0) is 6.42 Å². The van der Waals surface area contributed by atoms with Gasteiger partial charge in [0.2, 0.25) is 0 Å². The van der Waals surface area contributed by atoms with E-state index in [9.17, 15) is 0 Å². The molecule has 0 unspecified atom stereocenters. The van der Waals surface area contributed by atoms with E-state index in [1.54, 1.807) is 6.20 Å². The Bertz CT molecular complexity index is 1050. The lowest BCUT2D eigenvalue weighted by molar-refractivity contribution is 0.970. The highest BCUT2D eigenvalue weighted by Gasteiger charge is 2.08. The number of pyridine rings is 2. The maximum absolute atomic E-state index is 5.92. The number of benzene rings is 1. The number of aromatic nitrogens is 5. The Morgan fingerprint density at radius 1 is 1.00 bits per heavy atom. The predicted molar refractivity (Wildman–Crippen MR) is 98.6 cm³/mol. The smallest absolute Gasteiger partial charge is 0.155 e. The summed E-state index contributed by atoms with van der Waals surface area (Å²) >= 11 is 5.92. The summed E-state index contributed by atoms with van der Waals surface area (Å²) < 4.78 is 0. The SMILES string of the molecule is Cc1nc(Cc2ccc3nc(-c4ccc(Cl)cn4)cc(C)c3c2)n[nH]1. The van der Waals surface area contributed by atoms with E-state index in [0.717, 1.165) is 45.1 Å². The number of nitrogens with zero attached hydrogens (tertiary/aromatic N) is 4. The molecule has 0 aliphatic rings. The molecule has 0 atom stereocenters. The summed E-state index contributed by atoms with van der Waals surface area (Å²) in [6.45, 7) is 3.99. The minimum atomic E-state index is 0.619. The van der Waals surface area contributed by atoms with Crippen molar-refractivity contribution in [1.82, 2.24) is 25.1 Å². The molecule has 0 spiro atoms. The van der Waals surface area contributed by atoms with E-state index >= 15 is 0 Å². The minimum absolute atomic E-state index is 0.619. The van der Waals surface area contributed by atoms with Gasteiger partial charge < -0.3 is 0 Å². The van der Waals surface area contributed by atoms with Crippen LogP contribution in [0.15, 0.2) is 42.6 Å². The summed E-state index contributed by atoms with van der Waals surface area (Å²) in [6.07, 6.45) is 2.33. The Hall–Kier alpha value is -2.79. The van der Waals surface area contributed by atoms with Crippen LogP contribution in [0.1, 0.15) is 22.8 Å². The molecule has 1 N–H and O–H groups in total. The number of H-pyrrole nitrogens is 1. The van der Waals surface area contributed by atoms with Gasteiger partial charge in [-0.1, -0.05) is 17.7 Å².